The van der Waals surface area contributed by atoms with Gasteiger partial charge in [0.15, 0.2) is 0 Å². The van der Waals surface area contributed by atoms with Crippen LogP contribution in [0, 0.1) is 0 Å². The van der Waals surface area contributed by atoms with E-state index in [4.69, 9.17) is 0 Å². The Hall–Kier alpha value is -0.920. The predicted octanol–water partition coefficient (Wildman–Crippen LogP) is 1.64. The minimum atomic E-state index is -3.68. The summed E-state index contributed by atoms with van der Waals surface area (Å²) in [5, 5.41) is 2.64. The first-order valence-corrected chi connectivity index (χ1v) is 8.20. The van der Waals surface area contributed by atoms with E-state index in [0.717, 1.165) is 10.9 Å². The predicted molar refractivity (Wildman–Crippen MR) is 77.2 cm³/mol. The quantitative estimate of drug-likeness (QED) is 0.820. The van der Waals surface area contributed by atoms with Crippen LogP contribution in [0.5, 0.6) is 0 Å². The zero-order valence-corrected chi connectivity index (χ0v) is 13.2. The molecule has 1 rings (SSSR count). The first-order valence-electron chi connectivity index (χ1n) is 5.92. The molecule has 0 heterocycles. The smallest absolute Gasteiger partial charge is 0.241 e. The van der Waals surface area contributed by atoms with Crippen molar-refractivity contribution in [2.24, 2.45) is 0 Å². The van der Waals surface area contributed by atoms with Gasteiger partial charge in [0.1, 0.15) is 0 Å². The Balaban J connectivity index is 2.74. The fraction of sp³-hybridized carbons (Fsp3) is 0.417. The summed E-state index contributed by atoms with van der Waals surface area (Å²) in [6.07, 6.45) is 0.803. The van der Waals surface area contributed by atoms with Gasteiger partial charge in [-0.25, -0.2) is 8.42 Å². The third-order valence-corrected chi connectivity index (χ3v) is 4.48. The van der Waals surface area contributed by atoms with E-state index in [-0.39, 0.29) is 10.8 Å². The van der Waals surface area contributed by atoms with Crippen molar-refractivity contribution in [2.45, 2.75) is 31.2 Å². The molecular weight excluding hydrogens is 332 g/mol. The Morgan fingerprint density at radius 1 is 1.32 bits per heavy atom. The number of carbonyl (C=O) groups excluding carboxylic acids is 1. The lowest BCUT2D eigenvalue weighted by molar-refractivity contribution is -0.122. The van der Waals surface area contributed by atoms with Crippen molar-refractivity contribution in [1.82, 2.24) is 10.0 Å². The summed E-state index contributed by atoms with van der Waals surface area (Å²) in [6.45, 7) is 3.97. The third-order valence-electron chi connectivity index (χ3n) is 2.40. The summed E-state index contributed by atoms with van der Waals surface area (Å²) in [6, 6.07) is 5.42. The average Bonchev–Trinajstić information content (AvgIpc) is 2.35. The van der Waals surface area contributed by atoms with E-state index in [0.29, 0.717) is 6.54 Å². The average molecular weight is 349 g/mol. The Morgan fingerprint density at radius 3 is 2.42 bits per heavy atom. The summed E-state index contributed by atoms with van der Waals surface area (Å²) in [5.41, 5.74) is 0. The Labute approximate surface area is 122 Å². The summed E-state index contributed by atoms with van der Waals surface area (Å²) >= 11 is 3.24. The molecule has 0 saturated carbocycles. The first kappa shape index (κ1) is 16.1. The number of halogens is 1. The van der Waals surface area contributed by atoms with Gasteiger partial charge in [0.05, 0.1) is 10.9 Å². The van der Waals surface area contributed by atoms with Gasteiger partial charge in [-0.05, 0) is 37.6 Å². The molecule has 0 aliphatic rings. The number of amides is 1. The highest BCUT2D eigenvalue weighted by Crippen LogP contribution is 2.14. The normalized spacial score (nSPS) is 13.0. The fourth-order valence-electron chi connectivity index (χ4n) is 1.37. The van der Waals surface area contributed by atoms with Gasteiger partial charge in [-0.3, -0.25) is 4.79 Å². The van der Waals surface area contributed by atoms with Crippen molar-refractivity contribution in [3.05, 3.63) is 28.7 Å². The number of hydrogen-bond acceptors (Lipinski definition) is 3. The lowest BCUT2D eigenvalue weighted by atomic mass is 10.3. The van der Waals surface area contributed by atoms with E-state index in [9.17, 15) is 13.2 Å². The van der Waals surface area contributed by atoms with E-state index in [2.05, 4.69) is 26.0 Å². The van der Waals surface area contributed by atoms with Gasteiger partial charge in [0.25, 0.3) is 0 Å². The van der Waals surface area contributed by atoms with Gasteiger partial charge in [-0.2, -0.15) is 4.72 Å². The van der Waals surface area contributed by atoms with Crippen molar-refractivity contribution < 1.29 is 13.2 Å². The van der Waals surface area contributed by atoms with Gasteiger partial charge in [-0.15, -0.1) is 0 Å². The molecular formula is C12H17BrN2O3S. The molecule has 2 N–H and O–H groups in total. The van der Waals surface area contributed by atoms with E-state index >= 15 is 0 Å². The molecule has 0 saturated heterocycles. The second-order valence-electron chi connectivity index (χ2n) is 4.09. The summed E-state index contributed by atoms with van der Waals surface area (Å²) in [7, 11) is -3.68. The molecule has 1 atom stereocenters. The minimum absolute atomic E-state index is 0.130. The lowest BCUT2D eigenvalue weighted by Crippen LogP contribution is -2.44. The van der Waals surface area contributed by atoms with E-state index in [1.165, 1.54) is 19.1 Å². The van der Waals surface area contributed by atoms with Crippen LogP contribution in [0.4, 0.5) is 0 Å². The highest BCUT2D eigenvalue weighted by Gasteiger charge is 2.21. The summed E-state index contributed by atoms with van der Waals surface area (Å²) in [4.78, 5) is 11.7. The van der Waals surface area contributed by atoms with Crippen LogP contribution >= 0.6 is 15.9 Å². The van der Waals surface area contributed by atoms with E-state index in [1.807, 2.05) is 6.92 Å². The second kappa shape index (κ2) is 7.02. The molecule has 0 aliphatic carbocycles. The van der Waals surface area contributed by atoms with Gasteiger partial charge < -0.3 is 5.32 Å². The minimum Gasteiger partial charge on any atom is -0.355 e. The maximum absolute atomic E-state index is 12.0. The molecule has 0 aliphatic heterocycles. The van der Waals surface area contributed by atoms with Crippen LogP contribution in [0.1, 0.15) is 20.3 Å². The molecule has 1 amide bonds. The molecule has 19 heavy (non-hydrogen) atoms. The zero-order chi connectivity index (χ0) is 14.5. The van der Waals surface area contributed by atoms with Crippen molar-refractivity contribution in [3.8, 4) is 0 Å². The Morgan fingerprint density at radius 2 is 1.89 bits per heavy atom. The van der Waals surface area contributed by atoms with Crippen LogP contribution in [0.15, 0.2) is 33.6 Å². The van der Waals surface area contributed by atoms with Crippen molar-refractivity contribution in [1.29, 1.82) is 0 Å². The van der Waals surface area contributed by atoms with Crippen molar-refractivity contribution >= 4 is 31.9 Å². The lowest BCUT2D eigenvalue weighted by Gasteiger charge is -2.14. The van der Waals surface area contributed by atoms with Gasteiger partial charge >= 0.3 is 0 Å². The first-order chi connectivity index (χ1) is 8.86. The zero-order valence-electron chi connectivity index (χ0n) is 10.8. The van der Waals surface area contributed by atoms with Crippen LogP contribution < -0.4 is 10.0 Å². The maximum atomic E-state index is 12.0. The second-order valence-corrected chi connectivity index (χ2v) is 6.72. The molecule has 106 valence electrons. The highest BCUT2D eigenvalue weighted by molar-refractivity contribution is 9.10. The van der Waals surface area contributed by atoms with Crippen LogP contribution in [0.3, 0.4) is 0 Å². The molecule has 0 bridgehead atoms. The van der Waals surface area contributed by atoms with Gasteiger partial charge in [-0.1, -0.05) is 22.9 Å². The largest absolute Gasteiger partial charge is 0.355 e. The molecule has 0 aromatic heterocycles. The maximum Gasteiger partial charge on any atom is 0.241 e. The summed E-state index contributed by atoms with van der Waals surface area (Å²) in [5.74, 6) is -0.331. The Kier molecular flexibility index (Phi) is 5.96. The molecule has 0 radical (unpaired) electrons. The molecule has 1 unspecified atom stereocenters. The van der Waals surface area contributed by atoms with Crippen LogP contribution in [-0.2, 0) is 14.8 Å². The van der Waals surface area contributed by atoms with Gasteiger partial charge in [0, 0.05) is 11.0 Å². The SMILES string of the molecule is CCCNC(=O)C(C)NS(=O)(=O)c1ccc(Br)cc1. The molecule has 1 aromatic carbocycles. The third kappa shape index (κ3) is 4.93. The van der Waals surface area contributed by atoms with Crippen LogP contribution in [0.25, 0.3) is 0 Å². The molecule has 1 aromatic rings. The molecule has 5 nitrogen and oxygen atoms in total. The van der Waals surface area contributed by atoms with Crippen LogP contribution in [-0.4, -0.2) is 26.9 Å². The summed E-state index contributed by atoms with van der Waals surface area (Å²) < 4.78 is 27.2. The number of nitrogens with one attached hydrogen (secondary N) is 2. The van der Waals surface area contributed by atoms with E-state index < -0.39 is 16.1 Å². The standard InChI is InChI=1S/C12H17BrN2O3S/c1-3-8-14-12(16)9(2)15-19(17,18)11-6-4-10(13)5-7-11/h4-7,9,15H,3,8H2,1-2H3,(H,14,16). The topological polar surface area (TPSA) is 75.3 Å². The molecule has 7 heteroatoms. The molecule has 0 spiro atoms. The Bertz CT molecular complexity index is 528. The molecule has 0 fully saturated rings. The number of carbonyl (C=O) groups is 1. The highest BCUT2D eigenvalue weighted by atomic mass is 79.9. The number of benzene rings is 1. The van der Waals surface area contributed by atoms with E-state index in [1.54, 1.807) is 12.1 Å². The number of rotatable bonds is 6. The van der Waals surface area contributed by atoms with Crippen molar-refractivity contribution in [2.75, 3.05) is 6.54 Å². The monoisotopic (exact) mass is 348 g/mol. The van der Waals surface area contributed by atoms with Crippen LogP contribution in [0.2, 0.25) is 0 Å². The number of sulfonamides is 1. The van der Waals surface area contributed by atoms with Gasteiger partial charge in [0.2, 0.25) is 15.9 Å². The van der Waals surface area contributed by atoms with Crippen molar-refractivity contribution in [3.63, 3.8) is 0 Å². The number of hydrogen-bond donors (Lipinski definition) is 2. The fourth-order valence-corrected chi connectivity index (χ4v) is 2.84.